The molecular weight excluding hydrogens is 478 g/mol. The fraction of sp³-hybridized carbons (Fsp3) is 0.406. The summed E-state index contributed by atoms with van der Waals surface area (Å²) in [5.41, 5.74) is 3.78. The summed E-state index contributed by atoms with van der Waals surface area (Å²) in [7, 11) is 1.63. The van der Waals surface area contributed by atoms with Crippen molar-refractivity contribution in [3.63, 3.8) is 0 Å². The van der Waals surface area contributed by atoms with Crippen LogP contribution in [0, 0.1) is 0 Å². The summed E-state index contributed by atoms with van der Waals surface area (Å²) in [5, 5.41) is 9.52. The Kier molecular flexibility index (Phi) is 10.5. The van der Waals surface area contributed by atoms with Crippen LogP contribution in [-0.4, -0.2) is 48.5 Å². The third-order valence-corrected chi connectivity index (χ3v) is 6.41. The highest BCUT2D eigenvalue weighted by Gasteiger charge is 2.25. The number of amides is 1. The van der Waals surface area contributed by atoms with Gasteiger partial charge in [-0.1, -0.05) is 56.2 Å². The van der Waals surface area contributed by atoms with Crippen molar-refractivity contribution in [3.8, 4) is 39.5 Å². The molecule has 0 heterocycles. The Morgan fingerprint density at radius 2 is 1.37 bits per heavy atom. The average Bonchev–Trinajstić information content (AvgIpc) is 2.90. The monoisotopic (exact) mass is 519 g/mol. The van der Waals surface area contributed by atoms with Crippen LogP contribution in [0.5, 0.6) is 17.2 Å². The molecule has 3 aromatic rings. The molecule has 1 amide bonds. The van der Waals surface area contributed by atoms with Gasteiger partial charge in [-0.2, -0.15) is 0 Å². The first-order chi connectivity index (χ1) is 18.2. The van der Waals surface area contributed by atoms with Crippen molar-refractivity contribution in [1.82, 2.24) is 4.90 Å². The minimum Gasteiger partial charge on any atom is -0.497 e. The molecule has 6 heteroatoms. The van der Waals surface area contributed by atoms with Gasteiger partial charge >= 0.3 is 6.09 Å². The van der Waals surface area contributed by atoms with E-state index in [1.807, 2.05) is 51.1 Å². The maximum atomic E-state index is 11.6. The summed E-state index contributed by atoms with van der Waals surface area (Å²) in [5.74, 6) is 2.31. The van der Waals surface area contributed by atoms with Crippen LogP contribution in [0.15, 0.2) is 66.7 Å². The molecule has 0 aliphatic heterocycles. The van der Waals surface area contributed by atoms with E-state index >= 15 is 0 Å². The minimum atomic E-state index is -0.922. The zero-order chi connectivity index (χ0) is 27.5. The molecule has 3 aromatic carbocycles. The number of carboxylic acid groups (broad SMARTS) is 1. The molecule has 0 atom stereocenters. The largest absolute Gasteiger partial charge is 0.497 e. The predicted molar refractivity (Wildman–Crippen MR) is 153 cm³/mol. The number of unbranched alkanes of at least 4 members (excludes halogenated alkanes) is 2. The smallest absolute Gasteiger partial charge is 0.407 e. The van der Waals surface area contributed by atoms with E-state index in [4.69, 9.17) is 14.2 Å². The van der Waals surface area contributed by atoms with Gasteiger partial charge in [0.2, 0.25) is 0 Å². The summed E-state index contributed by atoms with van der Waals surface area (Å²) < 4.78 is 17.4. The summed E-state index contributed by atoms with van der Waals surface area (Å²) in [6, 6.07) is 22.4. The van der Waals surface area contributed by atoms with Gasteiger partial charge in [-0.25, -0.2) is 4.79 Å². The SMILES string of the molecule is CCCCCOc1ccc(-c2ccc(-c3ccc(OC)cc3OCCCN(C(=O)O)C(C)(C)C)cc2)cc1. The molecule has 38 heavy (non-hydrogen) atoms. The van der Waals surface area contributed by atoms with Gasteiger partial charge < -0.3 is 24.2 Å². The standard InChI is InChI=1S/C32H41NO5/c1-6-7-8-21-37-27-16-14-25(15-17-27)24-10-12-26(13-11-24)29-19-18-28(36-5)23-30(29)38-22-9-20-33(31(34)35)32(2,3)4/h10-19,23H,6-9,20-22H2,1-5H3,(H,34,35). The van der Waals surface area contributed by atoms with Crippen LogP contribution in [-0.2, 0) is 0 Å². The van der Waals surface area contributed by atoms with E-state index in [1.54, 1.807) is 7.11 Å². The van der Waals surface area contributed by atoms with Crippen LogP contribution in [0.3, 0.4) is 0 Å². The molecule has 204 valence electrons. The number of nitrogens with zero attached hydrogens (tertiary/aromatic N) is 1. The normalized spacial score (nSPS) is 11.2. The van der Waals surface area contributed by atoms with Crippen LogP contribution in [0.4, 0.5) is 4.79 Å². The lowest BCUT2D eigenvalue weighted by atomic mass is 9.99. The molecule has 0 aromatic heterocycles. The van der Waals surface area contributed by atoms with Crippen LogP contribution >= 0.6 is 0 Å². The minimum absolute atomic E-state index is 0.394. The Bertz CT molecular complexity index is 1150. The number of hydrogen-bond acceptors (Lipinski definition) is 4. The van der Waals surface area contributed by atoms with E-state index in [0.29, 0.717) is 31.1 Å². The van der Waals surface area contributed by atoms with Crippen molar-refractivity contribution in [2.75, 3.05) is 26.9 Å². The van der Waals surface area contributed by atoms with E-state index in [1.165, 1.54) is 17.7 Å². The van der Waals surface area contributed by atoms with Crippen molar-refractivity contribution in [3.05, 3.63) is 66.7 Å². The molecular formula is C32H41NO5. The summed E-state index contributed by atoms with van der Waals surface area (Å²) in [6.07, 6.45) is 3.11. The molecule has 0 bridgehead atoms. The summed E-state index contributed by atoms with van der Waals surface area (Å²) in [6.45, 7) is 9.41. The predicted octanol–water partition coefficient (Wildman–Crippen LogP) is 8.15. The Labute approximate surface area is 227 Å². The van der Waals surface area contributed by atoms with Crippen molar-refractivity contribution in [2.24, 2.45) is 0 Å². The van der Waals surface area contributed by atoms with E-state index in [2.05, 4.69) is 43.3 Å². The van der Waals surface area contributed by atoms with Crippen molar-refractivity contribution >= 4 is 6.09 Å². The lowest BCUT2D eigenvalue weighted by molar-refractivity contribution is 0.0962. The Morgan fingerprint density at radius 1 is 0.789 bits per heavy atom. The van der Waals surface area contributed by atoms with Crippen molar-refractivity contribution < 1.29 is 24.1 Å². The lowest BCUT2D eigenvalue weighted by Gasteiger charge is -2.33. The van der Waals surface area contributed by atoms with Gasteiger partial charge in [-0.05, 0) is 74.6 Å². The van der Waals surface area contributed by atoms with E-state index in [9.17, 15) is 9.90 Å². The number of rotatable bonds is 13. The number of carbonyl (C=O) groups is 1. The van der Waals surface area contributed by atoms with Gasteiger partial charge in [-0.3, -0.25) is 0 Å². The Balaban J connectivity index is 1.68. The number of methoxy groups -OCH3 is 1. The number of ether oxygens (including phenoxy) is 3. The average molecular weight is 520 g/mol. The molecule has 0 radical (unpaired) electrons. The highest BCUT2D eigenvalue weighted by molar-refractivity contribution is 5.75. The van der Waals surface area contributed by atoms with Gasteiger partial charge in [0.05, 0.1) is 20.3 Å². The maximum Gasteiger partial charge on any atom is 0.407 e. The summed E-state index contributed by atoms with van der Waals surface area (Å²) >= 11 is 0. The fourth-order valence-electron chi connectivity index (χ4n) is 4.24. The van der Waals surface area contributed by atoms with Gasteiger partial charge in [-0.15, -0.1) is 0 Å². The first-order valence-corrected chi connectivity index (χ1v) is 13.4. The Morgan fingerprint density at radius 3 is 1.95 bits per heavy atom. The van der Waals surface area contributed by atoms with Crippen molar-refractivity contribution in [2.45, 2.75) is 58.9 Å². The van der Waals surface area contributed by atoms with Crippen LogP contribution in [0.2, 0.25) is 0 Å². The molecule has 0 saturated heterocycles. The summed E-state index contributed by atoms with van der Waals surface area (Å²) in [4.78, 5) is 13.0. The quantitative estimate of drug-likeness (QED) is 0.231. The molecule has 0 saturated carbocycles. The van der Waals surface area contributed by atoms with E-state index in [-0.39, 0.29) is 0 Å². The molecule has 1 N–H and O–H groups in total. The number of hydrogen-bond donors (Lipinski definition) is 1. The van der Waals surface area contributed by atoms with Gasteiger partial charge in [0, 0.05) is 23.7 Å². The first-order valence-electron chi connectivity index (χ1n) is 13.4. The molecule has 6 nitrogen and oxygen atoms in total. The zero-order valence-electron chi connectivity index (χ0n) is 23.3. The molecule has 0 spiro atoms. The fourth-order valence-corrected chi connectivity index (χ4v) is 4.24. The lowest BCUT2D eigenvalue weighted by Crippen LogP contribution is -2.45. The van der Waals surface area contributed by atoms with E-state index < -0.39 is 11.6 Å². The van der Waals surface area contributed by atoms with Crippen molar-refractivity contribution in [1.29, 1.82) is 0 Å². The molecule has 0 unspecified atom stereocenters. The number of benzene rings is 3. The van der Waals surface area contributed by atoms with Gasteiger partial charge in [0.1, 0.15) is 17.2 Å². The van der Waals surface area contributed by atoms with Gasteiger partial charge in [0.15, 0.2) is 0 Å². The molecule has 3 rings (SSSR count). The second kappa shape index (κ2) is 13.8. The van der Waals surface area contributed by atoms with E-state index in [0.717, 1.165) is 41.0 Å². The topological polar surface area (TPSA) is 68.2 Å². The molecule has 0 aliphatic rings. The Hall–Kier alpha value is -3.67. The first kappa shape index (κ1) is 28.9. The second-order valence-electron chi connectivity index (χ2n) is 10.3. The van der Waals surface area contributed by atoms with Crippen LogP contribution in [0.1, 0.15) is 53.4 Å². The molecule has 0 fully saturated rings. The van der Waals surface area contributed by atoms with Crippen LogP contribution in [0.25, 0.3) is 22.3 Å². The highest BCUT2D eigenvalue weighted by Crippen LogP contribution is 2.35. The van der Waals surface area contributed by atoms with Crippen LogP contribution < -0.4 is 14.2 Å². The maximum absolute atomic E-state index is 11.6. The third-order valence-electron chi connectivity index (χ3n) is 6.41. The zero-order valence-corrected chi connectivity index (χ0v) is 23.3. The highest BCUT2D eigenvalue weighted by atomic mass is 16.5. The third kappa shape index (κ3) is 8.17. The van der Waals surface area contributed by atoms with Gasteiger partial charge in [0.25, 0.3) is 0 Å². The second-order valence-corrected chi connectivity index (χ2v) is 10.3. The molecule has 0 aliphatic carbocycles.